The van der Waals surface area contributed by atoms with Crippen molar-refractivity contribution in [3.05, 3.63) is 59.9 Å². The van der Waals surface area contributed by atoms with Gasteiger partial charge in [0.15, 0.2) is 0 Å². The molecule has 2 fully saturated rings. The molecule has 8 heteroatoms. The molecule has 0 unspecified atom stereocenters. The van der Waals surface area contributed by atoms with E-state index in [9.17, 15) is 9.18 Å². The molecule has 0 radical (unpaired) electrons. The van der Waals surface area contributed by atoms with E-state index in [0.29, 0.717) is 23.9 Å². The fraction of sp³-hybridized carbons (Fsp3) is 0.458. The van der Waals surface area contributed by atoms with Gasteiger partial charge in [-0.2, -0.15) is 0 Å². The smallest absolute Gasteiger partial charge is 0.319 e. The molecule has 2 heterocycles. The highest BCUT2D eigenvalue weighted by Gasteiger charge is 2.31. The lowest BCUT2D eigenvalue weighted by Gasteiger charge is -2.37. The van der Waals surface area contributed by atoms with E-state index >= 15 is 0 Å². The highest BCUT2D eigenvalue weighted by Crippen LogP contribution is 2.22. The number of ether oxygens (including phenoxy) is 3. The molecule has 7 nitrogen and oxygen atoms in total. The Morgan fingerprint density at radius 3 is 2.75 bits per heavy atom. The molecule has 32 heavy (non-hydrogen) atoms. The molecule has 2 aromatic rings. The van der Waals surface area contributed by atoms with Crippen LogP contribution in [0.15, 0.2) is 48.5 Å². The average Bonchev–Trinajstić information content (AvgIpc) is 3.34. The van der Waals surface area contributed by atoms with Crippen LogP contribution in [0.1, 0.15) is 12.0 Å². The number of hydrogen-bond acceptors (Lipinski definition) is 5. The molecule has 4 rings (SSSR count). The number of hydrogen-bond donors (Lipinski definition) is 2. The Labute approximate surface area is 187 Å². The molecule has 2 aromatic carbocycles. The van der Waals surface area contributed by atoms with E-state index in [-0.39, 0.29) is 24.5 Å². The summed E-state index contributed by atoms with van der Waals surface area (Å²) in [5.74, 6) is 0.539. The van der Waals surface area contributed by atoms with Crippen molar-refractivity contribution in [1.82, 2.24) is 10.2 Å². The van der Waals surface area contributed by atoms with Crippen molar-refractivity contribution < 1.29 is 23.4 Å². The van der Waals surface area contributed by atoms with Gasteiger partial charge in [-0.15, -0.1) is 0 Å². The third kappa shape index (κ3) is 6.41. The molecule has 172 valence electrons. The predicted octanol–water partition coefficient (Wildman–Crippen LogP) is 3.26. The van der Waals surface area contributed by atoms with Crippen LogP contribution in [0.5, 0.6) is 5.75 Å². The Balaban J connectivity index is 1.29. The van der Waals surface area contributed by atoms with Crippen LogP contribution in [0.4, 0.5) is 14.9 Å². The van der Waals surface area contributed by atoms with Gasteiger partial charge in [0.1, 0.15) is 18.2 Å². The second-order valence-electron chi connectivity index (χ2n) is 8.12. The number of nitrogens with zero attached hydrogens (tertiary/aromatic N) is 1. The second-order valence-corrected chi connectivity index (χ2v) is 8.12. The minimum Gasteiger partial charge on any atom is -0.489 e. The summed E-state index contributed by atoms with van der Waals surface area (Å²) in [6, 6.07) is 13.5. The van der Waals surface area contributed by atoms with Crippen LogP contribution in [0.25, 0.3) is 0 Å². The quantitative estimate of drug-likeness (QED) is 0.655. The Hall–Kier alpha value is -2.68. The summed E-state index contributed by atoms with van der Waals surface area (Å²) in [5.41, 5.74) is 1.55. The van der Waals surface area contributed by atoms with Crippen molar-refractivity contribution in [2.75, 3.05) is 51.4 Å². The molecule has 2 N–H and O–H groups in total. The van der Waals surface area contributed by atoms with E-state index in [1.807, 2.05) is 24.3 Å². The lowest BCUT2D eigenvalue weighted by molar-refractivity contribution is 0.00222. The maximum absolute atomic E-state index is 13.3. The van der Waals surface area contributed by atoms with Crippen molar-refractivity contribution in [3.8, 4) is 5.75 Å². The van der Waals surface area contributed by atoms with Crippen LogP contribution >= 0.6 is 0 Å². The standard InChI is InChI=1S/C24H30FN3O4/c25-20-4-2-6-22(14-20)32-16-18-3-1-5-21(13-18)27-24(29)26-15-23(19-7-10-31-17-19)28-8-11-30-12-9-28/h1-6,13-14,19,23H,7-12,15-17H2,(H2,26,27,29)/t19-,23+/m1/s1. The molecular weight excluding hydrogens is 413 g/mol. The summed E-state index contributed by atoms with van der Waals surface area (Å²) in [5, 5.41) is 5.93. The molecule has 2 aliphatic heterocycles. The van der Waals surface area contributed by atoms with E-state index in [1.165, 1.54) is 12.1 Å². The van der Waals surface area contributed by atoms with E-state index < -0.39 is 0 Å². The number of urea groups is 1. The van der Waals surface area contributed by atoms with E-state index in [0.717, 1.165) is 51.5 Å². The van der Waals surface area contributed by atoms with Crippen LogP contribution < -0.4 is 15.4 Å². The first kappa shape index (κ1) is 22.5. The second kappa shape index (κ2) is 11.3. The number of morpholine rings is 1. The number of carbonyl (C=O) groups excluding carboxylic acids is 1. The zero-order valence-corrected chi connectivity index (χ0v) is 18.1. The number of amides is 2. The van der Waals surface area contributed by atoms with Crippen LogP contribution in [0, 0.1) is 11.7 Å². The van der Waals surface area contributed by atoms with Gasteiger partial charge in [-0.1, -0.05) is 18.2 Å². The lowest BCUT2D eigenvalue weighted by atomic mass is 9.97. The minimum atomic E-state index is -0.339. The first-order valence-electron chi connectivity index (χ1n) is 11.1. The topological polar surface area (TPSA) is 72.1 Å². The highest BCUT2D eigenvalue weighted by molar-refractivity contribution is 5.89. The molecule has 2 amide bonds. The Morgan fingerprint density at radius 2 is 1.97 bits per heavy atom. The van der Waals surface area contributed by atoms with Crippen LogP contribution in [-0.2, 0) is 16.1 Å². The van der Waals surface area contributed by atoms with Crippen molar-refractivity contribution in [1.29, 1.82) is 0 Å². The third-order valence-electron chi connectivity index (χ3n) is 5.88. The summed E-state index contributed by atoms with van der Waals surface area (Å²) in [6.07, 6.45) is 1.01. The normalized spacial score (nSPS) is 20.0. The molecule has 0 aromatic heterocycles. The monoisotopic (exact) mass is 443 g/mol. The van der Waals surface area contributed by atoms with Crippen molar-refractivity contribution in [2.45, 2.75) is 19.1 Å². The lowest BCUT2D eigenvalue weighted by Crippen LogP contribution is -2.52. The molecule has 0 spiro atoms. The summed E-state index contributed by atoms with van der Waals surface area (Å²) in [7, 11) is 0. The van der Waals surface area contributed by atoms with Gasteiger partial charge >= 0.3 is 6.03 Å². The summed E-state index contributed by atoms with van der Waals surface area (Å²) in [6.45, 7) is 5.54. The van der Waals surface area contributed by atoms with Gasteiger partial charge in [0, 0.05) is 50.0 Å². The van der Waals surface area contributed by atoms with Gasteiger partial charge in [0.05, 0.1) is 19.8 Å². The number of anilines is 1. The minimum absolute atomic E-state index is 0.234. The van der Waals surface area contributed by atoms with Crippen molar-refractivity contribution in [2.24, 2.45) is 5.92 Å². The Kier molecular flexibility index (Phi) is 7.92. The Bertz CT molecular complexity index is 885. The number of nitrogens with one attached hydrogen (secondary N) is 2. The van der Waals surface area contributed by atoms with Gasteiger partial charge < -0.3 is 24.8 Å². The van der Waals surface area contributed by atoms with Crippen molar-refractivity contribution >= 4 is 11.7 Å². The first-order valence-corrected chi connectivity index (χ1v) is 11.1. The Morgan fingerprint density at radius 1 is 1.12 bits per heavy atom. The molecule has 2 aliphatic rings. The molecule has 0 saturated carbocycles. The number of carbonyl (C=O) groups is 1. The first-order chi connectivity index (χ1) is 15.7. The van der Waals surface area contributed by atoms with E-state index in [4.69, 9.17) is 14.2 Å². The van der Waals surface area contributed by atoms with Crippen LogP contribution in [0.3, 0.4) is 0 Å². The van der Waals surface area contributed by atoms with Gasteiger partial charge in [-0.3, -0.25) is 4.90 Å². The molecule has 2 saturated heterocycles. The predicted molar refractivity (Wildman–Crippen MR) is 119 cm³/mol. The molecule has 2 atom stereocenters. The fourth-order valence-corrected chi connectivity index (χ4v) is 4.19. The molecule has 0 bridgehead atoms. The van der Waals surface area contributed by atoms with Crippen LogP contribution in [0.2, 0.25) is 0 Å². The molecule has 0 aliphatic carbocycles. The van der Waals surface area contributed by atoms with E-state index in [1.54, 1.807) is 12.1 Å². The summed E-state index contributed by atoms with van der Waals surface area (Å²) >= 11 is 0. The number of benzene rings is 2. The maximum Gasteiger partial charge on any atom is 0.319 e. The van der Waals surface area contributed by atoms with Crippen molar-refractivity contribution in [3.63, 3.8) is 0 Å². The third-order valence-corrected chi connectivity index (χ3v) is 5.88. The zero-order chi connectivity index (χ0) is 22.2. The van der Waals surface area contributed by atoms with Gasteiger partial charge in [-0.25, -0.2) is 9.18 Å². The van der Waals surface area contributed by atoms with Gasteiger partial charge in [-0.05, 0) is 36.2 Å². The molecular formula is C24H30FN3O4. The average molecular weight is 444 g/mol. The summed E-state index contributed by atoms with van der Waals surface area (Å²) < 4.78 is 30.0. The summed E-state index contributed by atoms with van der Waals surface area (Å²) in [4.78, 5) is 15.0. The van der Waals surface area contributed by atoms with E-state index in [2.05, 4.69) is 15.5 Å². The van der Waals surface area contributed by atoms with Crippen LogP contribution in [-0.4, -0.2) is 63.0 Å². The SMILES string of the molecule is O=C(NC[C@@H]([C@@H]1CCOC1)N1CCOCC1)Nc1cccc(COc2cccc(F)c2)c1. The number of halogens is 1. The van der Waals surface area contributed by atoms with Gasteiger partial charge in [0.25, 0.3) is 0 Å². The fourth-order valence-electron chi connectivity index (χ4n) is 4.19. The largest absolute Gasteiger partial charge is 0.489 e. The highest BCUT2D eigenvalue weighted by atomic mass is 19.1. The zero-order valence-electron chi connectivity index (χ0n) is 18.1. The number of rotatable bonds is 8. The maximum atomic E-state index is 13.3. The van der Waals surface area contributed by atoms with Gasteiger partial charge in [0.2, 0.25) is 0 Å².